The van der Waals surface area contributed by atoms with Gasteiger partial charge in [-0.25, -0.2) is 0 Å². The van der Waals surface area contributed by atoms with Crippen LogP contribution in [0.3, 0.4) is 0 Å². The van der Waals surface area contributed by atoms with Crippen molar-refractivity contribution in [2.75, 3.05) is 106 Å². The molecule has 0 unspecified atom stereocenters. The second-order valence-electron chi connectivity index (χ2n) is 20.3. The second kappa shape index (κ2) is 55.2. The van der Waals surface area contributed by atoms with Gasteiger partial charge >= 0.3 is 0 Å². The molecule has 72 heavy (non-hydrogen) atoms. The number of carbonyl (C=O) groups excluding carboxylic acids is 3. The molecule has 0 aromatic rings. The molecule has 0 aliphatic carbocycles. The van der Waals surface area contributed by atoms with Gasteiger partial charge in [0, 0.05) is 32.5 Å². The van der Waals surface area contributed by atoms with Crippen LogP contribution in [0, 0.1) is 5.92 Å². The lowest BCUT2D eigenvalue weighted by atomic mass is 10.00. The fourth-order valence-corrected chi connectivity index (χ4v) is 8.75. The molecule has 0 heterocycles. The number of amides is 3. The summed E-state index contributed by atoms with van der Waals surface area (Å²) in [6.45, 7) is 12.0. The van der Waals surface area contributed by atoms with Gasteiger partial charge in [0.15, 0.2) is 6.10 Å². The Labute approximate surface area is 439 Å². The minimum atomic E-state index is -1.89. The largest absolute Gasteiger partial charge is 0.394 e. The maximum atomic E-state index is 12.4. The molecule has 0 aromatic heterocycles. The van der Waals surface area contributed by atoms with Crippen LogP contribution in [0.1, 0.15) is 199 Å². The number of hydrogen-bond acceptors (Lipinski definition) is 14. The molecule has 0 aliphatic heterocycles. The Balaban J connectivity index is 3.73. The first-order valence-corrected chi connectivity index (χ1v) is 29.4. The van der Waals surface area contributed by atoms with E-state index in [1.54, 1.807) is 0 Å². The molecule has 0 saturated carbocycles. The minimum absolute atomic E-state index is 0.154. The highest BCUT2D eigenvalue weighted by Gasteiger charge is 2.34. The van der Waals surface area contributed by atoms with Crippen LogP contribution in [0.25, 0.3) is 0 Å². The molecule has 4 atom stereocenters. The zero-order valence-corrected chi connectivity index (χ0v) is 46.2. The van der Waals surface area contributed by atoms with Gasteiger partial charge in [-0.15, -0.1) is 0 Å². The monoisotopic (exact) mass is 1030 g/mol. The quantitative estimate of drug-likeness (QED) is 0.0380. The standard InChI is InChI=1S/C55H115N9O8/c1-56-34-29-40-58-36-25-27-38-60-45-48(46-61-39-28-26-37-59-41-30-35-57-2)31-19-15-18-23-43-63-51(68)33-21-13-9-5-3-7-11-16-22-42-62-50(67)32-20-14-10-6-4-8-12-17-24-44-64-55(72)54(71)53(70)52(69)49(66)47-65/h48-49,52-54,56-61,65-66,69-71H,3-47H2,1-2H3,(H,62,67)(H,63,68)(H,64,72)/t49-,52-,53+,54-/m1/s1. The highest BCUT2D eigenvalue weighted by molar-refractivity contribution is 5.81. The molecule has 0 fully saturated rings. The zero-order chi connectivity index (χ0) is 52.8. The third-order valence-electron chi connectivity index (χ3n) is 13.5. The molecule has 0 saturated heterocycles. The van der Waals surface area contributed by atoms with E-state index >= 15 is 0 Å². The predicted octanol–water partition coefficient (Wildman–Crippen LogP) is 4.28. The molecular formula is C55H115N9O8. The lowest BCUT2D eigenvalue weighted by molar-refractivity contribution is -0.148. The lowest BCUT2D eigenvalue weighted by Gasteiger charge is -2.24. The van der Waals surface area contributed by atoms with Crippen molar-refractivity contribution in [2.24, 2.45) is 5.92 Å². The van der Waals surface area contributed by atoms with E-state index in [0.29, 0.717) is 25.3 Å². The number of carbonyl (C=O) groups is 3. The molecule has 0 aromatic carbocycles. The van der Waals surface area contributed by atoms with Crippen LogP contribution < -0.4 is 47.9 Å². The Hall–Kier alpha value is -2.03. The Morgan fingerprint density at radius 3 is 1.10 bits per heavy atom. The molecule has 0 aliphatic rings. The van der Waals surface area contributed by atoms with Crippen molar-refractivity contribution in [3.05, 3.63) is 0 Å². The Morgan fingerprint density at radius 2 is 0.694 bits per heavy atom. The van der Waals surface area contributed by atoms with E-state index in [2.05, 4.69) is 47.9 Å². The molecule has 0 bridgehead atoms. The maximum absolute atomic E-state index is 12.4. The van der Waals surface area contributed by atoms with E-state index in [9.17, 15) is 34.8 Å². The molecule has 17 heteroatoms. The van der Waals surface area contributed by atoms with Crippen molar-refractivity contribution < 1.29 is 39.9 Å². The molecule has 0 spiro atoms. The Morgan fingerprint density at radius 1 is 0.361 bits per heavy atom. The third kappa shape index (κ3) is 47.7. The summed E-state index contributed by atoms with van der Waals surface area (Å²) in [5.41, 5.74) is 0. The second-order valence-corrected chi connectivity index (χ2v) is 20.3. The van der Waals surface area contributed by atoms with E-state index in [1.807, 2.05) is 14.1 Å². The highest BCUT2D eigenvalue weighted by Crippen LogP contribution is 2.14. The number of unbranched alkanes of at least 4 members (excludes halogenated alkanes) is 21. The van der Waals surface area contributed by atoms with E-state index in [-0.39, 0.29) is 11.8 Å². The topological polar surface area (TPSA) is 261 Å². The van der Waals surface area contributed by atoms with Crippen LogP contribution in [0.15, 0.2) is 0 Å². The van der Waals surface area contributed by atoms with E-state index in [1.165, 1.54) is 96.3 Å². The van der Waals surface area contributed by atoms with E-state index in [0.717, 1.165) is 168 Å². The number of rotatable bonds is 58. The fraction of sp³-hybridized carbons (Fsp3) is 0.945. The molecule has 14 N–H and O–H groups in total. The van der Waals surface area contributed by atoms with E-state index < -0.39 is 36.9 Å². The number of nitrogens with one attached hydrogen (secondary N) is 9. The van der Waals surface area contributed by atoms with Gasteiger partial charge in [0.05, 0.1) is 6.61 Å². The predicted molar refractivity (Wildman–Crippen MR) is 296 cm³/mol. The van der Waals surface area contributed by atoms with Crippen LogP contribution in [-0.4, -0.2) is 173 Å². The summed E-state index contributed by atoms with van der Waals surface area (Å²) in [5.74, 6) is 0.189. The van der Waals surface area contributed by atoms with Gasteiger partial charge in [-0.2, -0.15) is 0 Å². The van der Waals surface area contributed by atoms with Gasteiger partial charge in [0.25, 0.3) is 5.91 Å². The van der Waals surface area contributed by atoms with E-state index in [4.69, 9.17) is 5.11 Å². The number of aliphatic hydroxyl groups excluding tert-OH is 5. The Kier molecular flexibility index (Phi) is 53.7. The summed E-state index contributed by atoms with van der Waals surface area (Å²) in [7, 11) is 4.01. The molecule has 0 radical (unpaired) electrons. The minimum Gasteiger partial charge on any atom is -0.394 e. The van der Waals surface area contributed by atoms with Gasteiger partial charge in [-0.1, -0.05) is 109 Å². The van der Waals surface area contributed by atoms with Crippen molar-refractivity contribution >= 4 is 17.7 Å². The first-order chi connectivity index (χ1) is 35.2. The smallest absolute Gasteiger partial charge is 0.251 e. The first-order valence-electron chi connectivity index (χ1n) is 29.4. The van der Waals surface area contributed by atoms with Crippen LogP contribution in [0.5, 0.6) is 0 Å². The van der Waals surface area contributed by atoms with Gasteiger partial charge < -0.3 is 73.4 Å². The first kappa shape index (κ1) is 70.0. The summed E-state index contributed by atoms with van der Waals surface area (Å²) in [4.78, 5) is 36.6. The van der Waals surface area contributed by atoms with Crippen molar-refractivity contribution in [3.63, 3.8) is 0 Å². The molecule has 428 valence electrons. The van der Waals surface area contributed by atoms with Crippen LogP contribution in [0.2, 0.25) is 0 Å². The van der Waals surface area contributed by atoms with Crippen molar-refractivity contribution in [3.8, 4) is 0 Å². The summed E-state index contributed by atoms with van der Waals surface area (Å²) >= 11 is 0. The van der Waals surface area contributed by atoms with Gasteiger partial charge in [0.2, 0.25) is 11.8 Å². The molecule has 0 rings (SSSR count). The summed E-state index contributed by atoms with van der Waals surface area (Å²) in [6.07, 6.45) is 26.7. The number of aliphatic hydroxyl groups is 5. The lowest BCUT2D eigenvalue weighted by Crippen LogP contribution is -2.51. The van der Waals surface area contributed by atoms with Crippen molar-refractivity contribution in [2.45, 2.75) is 223 Å². The van der Waals surface area contributed by atoms with Gasteiger partial charge in [-0.05, 0) is 163 Å². The van der Waals surface area contributed by atoms with Crippen molar-refractivity contribution in [1.82, 2.24) is 47.9 Å². The summed E-state index contributed by atoms with van der Waals surface area (Å²) < 4.78 is 0. The van der Waals surface area contributed by atoms with Crippen LogP contribution >= 0.6 is 0 Å². The average molecular weight is 1030 g/mol. The third-order valence-corrected chi connectivity index (χ3v) is 13.5. The van der Waals surface area contributed by atoms with Gasteiger partial charge in [0.1, 0.15) is 18.3 Å². The SMILES string of the molecule is CNCCCNCCCCNCC(CCCCCCNC(=O)CCCCCCCCCCCNC(=O)CCCCCCCCCCCNC(=O)[C@H](O)[C@@H](O)[C@H](O)[C@H](O)CO)CNCCCCNCCCNC. The molecular weight excluding hydrogens is 915 g/mol. The van der Waals surface area contributed by atoms with Crippen LogP contribution in [0.4, 0.5) is 0 Å². The van der Waals surface area contributed by atoms with Crippen LogP contribution in [-0.2, 0) is 14.4 Å². The highest BCUT2D eigenvalue weighted by atomic mass is 16.4. The summed E-state index contributed by atoms with van der Waals surface area (Å²) in [6, 6.07) is 0. The number of hydrogen-bond donors (Lipinski definition) is 14. The maximum Gasteiger partial charge on any atom is 0.251 e. The fourth-order valence-electron chi connectivity index (χ4n) is 8.75. The van der Waals surface area contributed by atoms with Gasteiger partial charge in [-0.3, -0.25) is 14.4 Å². The molecule has 3 amide bonds. The molecule has 17 nitrogen and oxygen atoms in total. The zero-order valence-electron chi connectivity index (χ0n) is 46.2. The average Bonchev–Trinajstić information content (AvgIpc) is 3.38. The summed E-state index contributed by atoms with van der Waals surface area (Å²) in [5, 5.41) is 77.2. The Bertz CT molecular complexity index is 1160. The van der Waals surface area contributed by atoms with Crippen molar-refractivity contribution in [1.29, 1.82) is 0 Å². The normalized spacial score (nSPS) is 13.3.